The van der Waals surface area contributed by atoms with Crippen LogP contribution in [0.25, 0.3) is 10.9 Å². The number of aromatic nitrogens is 1. The molecule has 3 aromatic rings. The number of carbonyl (C=O) groups excluding carboxylic acids is 1. The highest BCUT2D eigenvalue weighted by atomic mass is 79.9. The standard InChI is InChI=1S/C24H27BrClN5O2.C2H4/c1-3-12-28-22(27)6-4-5-13-31-14-11-17-20(31)9-8-18(26)23(17)30-24(32)29-19-15-16(25)7-10-21(19)33-2;1-2/h6-12,14-15H,3-5,13,27H2,1-2H3,(H2,29,30,32);1-2H2/b22-6-,28-12-;. The number of benzene rings is 2. The van der Waals surface area contributed by atoms with Crippen molar-refractivity contribution < 1.29 is 9.53 Å². The van der Waals surface area contributed by atoms with Gasteiger partial charge in [-0.2, -0.15) is 0 Å². The lowest BCUT2D eigenvalue weighted by Crippen LogP contribution is -2.20. The van der Waals surface area contributed by atoms with E-state index in [1.165, 1.54) is 0 Å². The second kappa shape index (κ2) is 14.2. The van der Waals surface area contributed by atoms with E-state index in [1.807, 2.05) is 37.4 Å². The molecule has 2 amide bonds. The van der Waals surface area contributed by atoms with Crippen molar-refractivity contribution in [2.45, 2.75) is 32.7 Å². The zero-order chi connectivity index (χ0) is 25.8. The normalized spacial score (nSPS) is 11.3. The zero-order valence-electron chi connectivity index (χ0n) is 20.0. The number of nitrogens with zero attached hydrogens (tertiary/aromatic N) is 2. The van der Waals surface area contributed by atoms with Gasteiger partial charge in [0.05, 0.1) is 29.0 Å². The van der Waals surface area contributed by atoms with Gasteiger partial charge in [0, 0.05) is 28.8 Å². The first-order chi connectivity index (χ1) is 16.9. The van der Waals surface area contributed by atoms with Crippen molar-refractivity contribution in [3.05, 3.63) is 77.1 Å². The van der Waals surface area contributed by atoms with E-state index in [2.05, 4.69) is 49.3 Å². The van der Waals surface area contributed by atoms with Crippen molar-refractivity contribution in [3.8, 4) is 5.75 Å². The molecular formula is C26H31BrClN5O2. The van der Waals surface area contributed by atoms with Gasteiger partial charge in [0.2, 0.25) is 0 Å². The van der Waals surface area contributed by atoms with Crippen LogP contribution in [0.3, 0.4) is 0 Å². The van der Waals surface area contributed by atoms with Crippen molar-refractivity contribution in [2.24, 2.45) is 10.7 Å². The molecule has 0 spiro atoms. The first-order valence-electron chi connectivity index (χ1n) is 11.1. The van der Waals surface area contributed by atoms with Gasteiger partial charge in [-0.1, -0.05) is 34.5 Å². The van der Waals surface area contributed by atoms with Crippen molar-refractivity contribution in [1.82, 2.24) is 4.57 Å². The van der Waals surface area contributed by atoms with Crippen LogP contribution >= 0.6 is 27.5 Å². The quantitative estimate of drug-likeness (QED) is 0.143. The summed E-state index contributed by atoms with van der Waals surface area (Å²) in [6.07, 6.45) is 8.30. The number of aryl methyl sites for hydroxylation is 1. The number of rotatable bonds is 9. The molecule has 0 aliphatic rings. The molecule has 3 rings (SSSR count). The Kier molecular flexibility index (Phi) is 11.4. The van der Waals surface area contributed by atoms with Crippen molar-refractivity contribution in [2.75, 3.05) is 17.7 Å². The number of amides is 2. The summed E-state index contributed by atoms with van der Waals surface area (Å²) in [6.45, 7) is 8.82. The van der Waals surface area contributed by atoms with Crippen molar-refractivity contribution in [3.63, 3.8) is 0 Å². The van der Waals surface area contributed by atoms with Crippen molar-refractivity contribution in [1.29, 1.82) is 0 Å². The number of unbranched alkanes of at least 4 members (excludes halogenated alkanes) is 1. The minimum atomic E-state index is -0.415. The molecule has 4 N–H and O–H groups in total. The molecule has 2 aromatic carbocycles. The Hall–Kier alpha value is -3.23. The predicted octanol–water partition coefficient (Wildman–Crippen LogP) is 7.57. The smallest absolute Gasteiger partial charge is 0.323 e. The van der Waals surface area contributed by atoms with E-state index in [0.717, 1.165) is 41.2 Å². The van der Waals surface area contributed by atoms with Gasteiger partial charge in [-0.15, -0.1) is 13.2 Å². The SMILES string of the molecule is C=C.CC/C=N\C(N)=C/CCCn1ccc2c(NC(=O)Nc3cc(Br)ccc3OC)c(Cl)ccc21. The number of ether oxygens (including phenoxy) is 1. The third-order valence-electron chi connectivity index (χ3n) is 4.93. The highest BCUT2D eigenvalue weighted by Gasteiger charge is 2.14. The van der Waals surface area contributed by atoms with Crippen LogP contribution in [-0.4, -0.2) is 23.9 Å². The average molecular weight is 561 g/mol. The van der Waals surface area contributed by atoms with Gasteiger partial charge in [-0.3, -0.25) is 0 Å². The second-order valence-corrected chi connectivity index (χ2v) is 8.60. The van der Waals surface area contributed by atoms with Crippen LogP contribution < -0.4 is 21.1 Å². The number of carbonyl (C=O) groups is 1. The van der Waals surface area contributed by atoms with Gasteiger partial charge >= 0.3 is 6.03 Å². The third-order valence-corrected chi connectivity index (χ3v) is 5.74. The molecule has 7 nitrogen and oxygen atoms in total. The molecule has 186 valence electrons. The number of fused-ring (bicyclic) bond motifs is 1. The molecule has 9 heteroatoms. The number of hydrogen-bond donors (Lipinski definition) is 3. The summed E-state index contributed by atoms with van der Waals surface area (Å²) in [4.78, 5) is 16.9. The van der Waals surface area contributed by atoms with Crippen LogP contribution in [0.2, 0.25) is 5.02 Å². The number of aliphatic imine (C=N–C) groups is 1. The number of halogens is 2. The molecule has 0 aliphatic heterocycles. The number of hydrogen-bond acceptors (Lipinski definition) is 4. The summed E-state index contributed by atoms with van der Waals surface area (Å²) in [5.41, 5.74) is 7.94. The summed E-state index contributed by atoms with van der Waals surface area (Å²) < 4.78 is 8.27. The maximum absolute atomic E-state index is 12.7. The van der Waals surface area contributed by atoms with E-state index in [1.54, 1.807) is 31.5 Å². The lowest BCUT2D eigenvalue weighted by Gasteiger charge is -2.13. The molecule has 0 aliphatic carbocycles. The van der Waals surface area contributed by atoms with E-state index in [-0.39, 0.29) is 0 Å². The Bertz CT molecular complexity index is 1210. The first kappa shape index (κ1) is 28.0. The van der Waals surface area contributed by atoms with Gasteiger partial charge in [0.1, 0.15) is 11.6 Å². The van der Waals surface area contributed by atoms with Crippen LogP contribution in [0.15, 0.2) is 77.1 Å². The maximum Gasteiger partial charge on any atom is 0.323 e. The molecule has 0 radical (unpaired) electrons. The fraction of sp³-hybridized carbons (Fsp3) is 0.231. The molecular weight excluding hydrogens is 530 g/mol. The molecule has 0 atom stereocenters. The predicted molar refractivity (Wildman–Crippen MR) is 152 cm³/mol. The molecule has 1 aromatic heterocycles. The molecule has 0 saturated carbocycles. The third kappa shape index (κ3) is 7.90. The summed E-state index contributed by atoms with van der Waals surface area (Å²) in [6, 6.07) is 10.7. The summed E-state index contributed by atoms with van der Waals surface area (Å²) in [5.74, 6) is 1.10. The highest BCUT2D eigenvalue weighted by molar-refractivity contribution is 9.10. The second-order valence-electron chi connectivity index (χ2n) is 7.28. The Morgan fingerprint density at radius 2 is 2.03 bits per heavy atom. The van der Waals surface area contributed by atoms with E-state index in [4.69, 9.17) is 22.1 Å². The average Bonchev–Trinajstić information content (AvgIpc) is 3.27. The van der Waals surface area contributed by atoms with E-state index < -0.39 is 6.03 Å². The zero-order valence-corrected chi connectivity index (χ0v) is 22.3. The van der Waals surface area contributed by atoms with Crippen LogP contribution in [0.4, 0.5) is 16.2 Å². The van der Waals surface area contributed by atoms with Gasteiger partial charge in [0.15, 0.2) is 0 Å². The largest absolute Gasteiger partial charge is 0.495 e. The number of allylic oxidation sites excluding steroid dienone is 1. The van der Waals surface area contributed by atoms with Crippen LogP contribution in [0.5, 0.6) is 5.75 Å². The van der Waals surface area contributed by atoms with E-state index in [9.17, 15) is 4.79 Å². The first-order valence-corrected chi connectivity index (χ1v) is 12.3. The number of nitrogens with one attached hydrogen (secondary N) is 2. The van der Waals surface area contributed by atoms with Gasteiger partial charge in [0.25, 0.3) is 0 Å². The van der Waals surface area contributed by atoms with E-state index >= 15 is 0 Å². The van der Waals surface area contributed by atoms with Gasteiger partial charge in [-0.25, -0.2) is 9.79 Å². The lowest BCUT2D eigenvalue weighted by atomic mass is 10.2. The Balaban J connectivity index is 0.00000210. The maximum atomic E-state index is 12.7. The Morgan fingerprint density at radius 3 is 2.74 bits per heavy atom. The molecule has 0 unspecified atom stereocenters. The molecule has 0 fully saturated rings. The molecule has 0 bridgehead atoms. The number of nitrogens with two attached hydrogens (primary N) is 1. The van der Waals surface area contributed by atoms with Crippen LogP contribution in [0, 0.1) is 0 Å². The van der Waals surface area contributed by atoms with Crippen LogP contribution in [0.1, 0.15) is 26.2 Å². The Labute approximate surface area is 219 Å². The summed E-state index contributed by atoms with van der Waals surface area (Å²) in [7, 11) is 1.55. The number of methoxy groups -OCH3 is 1. The monoisotopic (exact) mass is 559 g/mol. The minimum Gasteiger partial charge on any atom is -0.495 e. The fourth-order valence-electron chi connectivity index (χ4n) is 3.37. The fourth-order valence-corrected chi connectivity index (χ4v) is 3.95. The van der Waals surface area contributed by atoms with E-state index in [0.29, 0.717) is 28.0 Å². The number of anilines is 2. The molecule has 35 heavy (non-hydrogen) atoms. The summed E-state index contributed by atoms with van der Waals surface area (Å²) >= 11 is 9.83. The number of urea groups is 1. The lowest BCUT2D eigenvalue weighted by molar-refractivity contribution is 0.262. The minimum absolute atomic E-state index is 0.415. The van der Waals surface area contributed by atoms with Gasteiger partial charge < -0.3 is 25.7 Å². The topological polar surface area (TPSA) is 93.7 Å². The van der Waals surface area contributed by atoms with Crippen molar-refractivity contribution >= 4 is 62.1 Å². The molecule has 1 heterocycles. The highest BCUT2D eigenvalue weighted by Crippen LogP contribution is 2.33. The van der Waals surface area contributed by atoms with Gasteiger partial charge in [-0.05, 0) is 61.7 Å². The Morgan fingerprint density at radius 1 is 1.26 bits per heavy atom. The van der Waals surface area contributed by atoms with Crippen LogP contribution in [-0.2, 0) is 6.54 Å². The molecule has 0 saturated heterocycles. The summed E-state index contributed by atoms with van der Waals surface area (Å²) in [5, 5.41) is 7.02.